The maximum absolute atomic E-state index is 12.4. The van der Waals surface area contributed by atoms with Crippen molar-refractivity contribution in [2.75, 3.05) is 5.32 Å². The Balaban J connectivity index is 2.37. The van der Waals surface area contributed by atoms with Crippen molar-refractivity contribution in [2.45, 2.75) is 13.8 Å². The van der Waals surface area contributed by atoms with Crippen molar-refractivity contribution in [1.82, 2.24) is 0 Å². The molecule has 0 bridgehead atoms. The van der Waals surface area contributed by atoms with E-state index in [4.69, 9.17) is 0 Å². The highest BCUT2D eigenvalue weighted by molar-refractivity contribution is 6.10. The Labute approximate surface area is 139 Å². The fraction of sp³-hybridized carbons (Fsp3) is 0.111. The van der Waals surface area contributed by atoms with Crippen LogP contribution in [0.4, 0.5) is 11.4 Å². The highest BCUT2D eigenvalue weighted by Gasteiger charge is 2.16. The van der Waals surface area contributed by atoms with Gasteiger partial charge in [-0.1, -0.05) is 30.3 Å². The number of amides is 1. The molecule has 0 aliphatic carbocycles. The molecule has 0 heterocycles. The minimum atomic E-state index is -0.604. The molecule has 1 N–H and O–H groups in total. The first-order valence-electron chi connectivity index (χ1n) is 7.17. The summed E-state index contributed by atoms with van der Waals surface area (Å²) in [6, 6.07) is 13.3. The SMILES string of the molecule is Cc1cccc(C)c1NC(=O)C(C#N)=Cc1ccccc1[N+](=O)[O-]. The quantitative estimate of drug-likeness (QED) is 0.401. The molecule has 0 fully saturated rings. The molecule has 1 amide bonds. The topological polar surface area (TPSA) is 96.0 Å². The number of nitriles is 1. The molecule has 0 spiro atoms. The van der Waals surface area contributed by atoms with Crippen molar-refractivity contribution in [2.24, 2.45) is 0 Å². The second-order valence-corrected chi connectivity index (χ2v) is 5.21. The van der Waals surface area contributed by atoms with E-state index in [1.54, 1.807) is 12.1 Å². The summed E-state index contributed by atoms with van der Waals surface area (Å²) in [7, 11) is 0. The first kappa shape index (κ1) is 16.9. The van der Waals surface area contributed by atoms with E-state index in [0.717, 1.165) is 11.1 Å². The second-order valence-electron chi connectivity index (χ2n) is 5.21. The van der Waals surface area contributed by atoms with Crippen LogP contribution in [0.1, 0.15) is 16.7 Å². The minimum Gasteiger partial charge on any atom is -0.321 e. The summed E-state index contributed by atoms with van der Waals surface area (Å²) in [5, 5.41) is 23.0. The summed E-state index contributed by atoms with van der Waals surface area (Å²) < 4.78 is 0. The zero-order valence-electron chi connectivity index (χ0n) is 13.2. The van der Waals surface area contributed by atoms with Gasteiger partial charge >= 0.3 is 0 Å². The van der Waals surface area contributed by atoms with Crippen LogP contribution in [-0.4, -0.2) is 10.8 Å². The normalized spacial score (nSPS) is 10.8. The predicted octanol–water partition coefficient (Wildman–Crippen LogP) is 3.76. The molecule has 0 saturated carbocycles. The van der Waals surface area contributed by atoms with Crippen LogP contribution in [-0.2, 0) is 4.79 Å². The fourth-order valence-electron chi connectivity index (χ4n) is 2.27. The van der Waals surface area contributed by atoms with E-state index in [1.807, 2.05) is 32.0 Å². The lowest BCUT2D eigenvalue weighted by molar-refractivity contribution is -0.385. The highest BCUT2D eigenvalue weighted by Crippen LogP contribution is 2.23. The summed E-state index contributed by atoms with van der Waals surface area (Å²) >= 11 is 0. The average Bonchev–Trinajstić information content (AvgIpc) is 2.56. The van der Waals surface area contributed by atoms with Crippen LogP contribution in [0.3, 0.4) is 0 Å². The smallest absolute Gasteiger partial charge is 0.276 e. The van der Waals surface area contributed by atoms with Gasteiger partial charge in [0.25, 0.3) is 11.6 Å². The molecule has 0 aliphatic rings. The maximum Gasteiger partial charge on any atom is 0.276 e. The van der Waals surface area contributed by atoms with Gasteiger partial charge < -0.3 is 5.32 Å². The minimum absolute atomic E-state index is 0.162. The van der Waals surface area contributed by atoms with Gasteiger partial charge in [0.1, 0.15) is 11.6 Å². The number of nitro groups is 1. The third-order valence-corrected chi connectivity index (χ3v) is 3.52. The Morgan fingerprint density at radius 2 is 1.79 bits per heavy atom. The Morgan fingerprint density at radius 1 is 1.17 bits per heavy atom. The van der Waals surface area contributed by atoms with Crippen LogP contribution in [0, 0.1) is 35.3 Å². The number of hydrogen-bond donors (Lipinski definition) is 1. The van der Waals surface area contributed by atoms with E-state index in [2.05, 4.69) is 5.32 Å². The van der Waals surface area contributed by atoms with Gasteiger partial charge in [0.2, 0.25) is 0 Å². The molecule has 2 aromatic rings. The van der Waals surface area contributed by atoms with E-state index in [-0.39, 0.29) is 16.8 Å². The number of para-hydroxylation sites is 2. The molecule has 0 unspecified atom stereocenters. The molecule has 2 aromatic carbocycles. The van der Waals surface area contributed by atoms with Gasteiger partial charge in [-0.3, -0.25) is 14.9 Å². The van der Waals surface area contributed by atoms with E-state index in [0.29, 0.717) is 5.69 Å². The summed E-state index contributed by atoms with van der Waals surface area (Å²) in [6.07, 6.45) is 1.22. The van der Waals surface area contributed by atoms with Crippen molar-refractivity contribution >= 4 is 23.4 Å². The highest BCUT2D eigenvalue weighted by atomic mass is 16.6. The molecule has 0 radical (unpaired) electrons. The zero-order chi connectivity index (χ0) is 17.7. The van der Waals surface area contributed by atoms with E-state index in [1.165, 1.54) is 24.3 Å². The first-order chi connectivity index (χ1) is 11.4. The largest absolute Gasteiger partial charge is 0.321 e. The van der Waals surface area contributed by atoms with E-state index >= 15 is 0 Å². The first-order valence-corrected chi connectivity index (χ1v) is 7.17. The van der Waals surface area contributed by atoms with Crippen LogP contribution in [0.2, 0.25) is 0 Å². The van der Waals surface area contributed by atoms with Crippen molar-refractivity contribution in [3.8, 4) is 6.07 Å². The Morgan fingerprint density at radius 3 is 2.38 bits per heavy atom. The third kappa shape index (κ3) is 3.65. The lowest BCUT2D eigenvalue weighted by Gasteiger charge is -2.10. The van der Waals surface area contributed by atoms with E-state index in [9.17, 15) is 20.2 Å². The van der Waals surface area contributed by atoms with Gasteiger partial charge in [-0.15, -0.1) is 0 Å². The number of aryl methyl sites for hydroxylation is 2. The van der Waals surface area contributed by atoms with Gasteiger partial charge in [-0.05, 0) is 37.1 Å². The van der Waals surface area contributed by atoms with Crippen molar-refractivity contribution in [1.29, 1.82) is 5.26 Å². The van der Waals surface area contributed by atoms with Crippen molar-refractivity contribution in [3.05, 3.63) is 74.8 Å². The van der Waals surface area contributed by atoms with Crippen LogP contribution >= 0.6 is 0 Å². The summed E-state index contributed by atoms with van der Waals surface area (Å²) in [5.74, 6) is -0.604. The van der Waals surface area contributed by atoms with Crippen LogP contribution < -0.4 is 5.32 Å². The average molecular weight is 321 g/mol. The predicted molar refractivity (Wildman–Crippen MR) is 91.2 cm³/mol. The van der Waals surface area contributed by atoms with Gasteiger partial charge in [-0.25, -0.2) is 0 Å². The molecule has 6 nitrogen and oxygen atoms in total. The Kier molecular flexibility index (Phi) is 5.07. The third-order valence-electron chi connectivity index (χ3n) is 3.52. The zero-order valence-corrected chi connectivity index (χ0v) is 13.2. The Bertz CT molecular complexity index is 859. The molecule has 120 valence electrons. The van der Waals surface area contributed by atoms with Crippen molar-refractivity contribution in [3.63, 3.8) is 0 Å². The molecular formula is C18H15N3O3. The number of benzene rings is 2. The fourth-order valence-corrected chi connectivity index (χ4v) is 2.27. The number of anilines is 1. The second kappa shape index (κ2) is 7.20. The van der Waals surface area contributed by atoms with Crippen LogP contribution in [0.5, 0.6) is 0 Å². The number of carbonyl (C=O) groups excluding carboxylic acids is 1. The monoisotopic (exact) mass is 321 g/mol. The van der Waals surface area contributed by atoms with Gasteiger partial charge in [0, 0.05) is 11.8 Å². The Hall–Kier alpha value is -3.46. The molecule has 0 saturated heterocycles. The molecule has 0 atom stereocenters. The number of hydrogen-bond acceptors (Lipinski definition) is 4. The maximum atomic E-state index is 12.4. The summed E-state index contributed by atoms with van der Waals surface area (Å²) in [4.78, 5) is 22.8. The van der Waals surface area contributed by atoms with Gasteiger partial charge in [-0.2, -0.15) is 5.26 Å². The number of nitro benzene ring substituents is 1. The number of nitrogens with one attached hydrogen (secondary N) is 1. The molecule has 6 heteroatoms. The van der Waals surface area contributed by atoms with Crippen molar-refractivity contribution < 1.29 is 9.72 Å². The van der Waals surface area contributed by atoms with Crippen LogP contribution in [0.15, 0.2) is 48.0 Å². The lowest BCUT2D eigenvalue weighted by Crippen LogP contribution is -2.15. The number of rotatable bonds is 4. The number of nitrogens with zero attached hydrogens (tertiary/aromatic N) is 2. The summed E-state index contributed by atoms with van der Waals surface area (Å²) in [5.41, 5.74) is 2.21. The van der Waals surface area contributed by atoms with Crippen LogP contribution in [0.25, 0.3) is 6.08 Å². The molecule has 24 heavy (non-hydrogen) atoms. The standard InChI is InChI=1S/C18H15N3O3/c1-12-6-5-7-13(2)17(12)20-18(22)15(11-19)10-14-8-3-4-9-16(14)21(23)24/h3-10H,1-2H3,(H,20,22). The lowest BCUT2D eigenvalue weighted by atomic mass is 10.1. The summed E-state index contributed by atoms with van der Waals surface area (Å²) in [6.45, 7) is 3.70. The number of carbonyl (C=O) groups is 1. The van der Waals surface area contributed by atoms with Gasteiger partial charge in [0.05, 0.1) is 10.5 Å². The molecule has 0 aliphatic heterocycles. The van der Waals surface area contributed by atoms with E-state index < -0.39 is 10.8 Å². The molecule has 2 rings (SSSR count). The van der Waals surface area contributed by atoms with Gasteiger partial charge in [0.15, 0.2) is 0 Å². The molecule has 0 aromatic heterocycles. The molecular weight excluding hydrogens is 306 g/mol.